The highest BCUT2D eigenvalue weighted by atomic mass is 16.3. The van der Waals surface area contributed by atoms with Crippen LogP contribution in [0.15, 0.2) is 65.3 Å². The van der Waals surface area contributed by atoms with Gasteiger partial charge in [-0.15, -0.1) is 0 Å². The Bertz CT molecular complexity index is 1130. The van der Waals surface area contributed by atoms with Crippen LogP contribution in [0.25, 0.3) is 0 Å². The summed E-state index contributed by atoms with van der Waals surface area (Å²) in [5.74, 6) is -0.326. The number of carbonyl (C=O) groups is 2. The molecule has 0 aliphatic heterocycles. The van der Waals surface area contributed by atoms with Crippen LogP contribution in [0.1, 0.15) is 59.0 Å². The van der Waals surface area contributed by atoms with Gasteiger partial charge in [-0.3, -0.25) is 14.5 Å². The monoisotopic (exact) mass is 459 g/mol. The maximum absolute atomic E-state index is 13.8. The molecule has 1 aromatic heterocycles. The molecule has 34 heavy (non-hydrogen) atoms. The number of hydrogen-bond donors (Lipinski definition) is 1. The highest BCUT2D eigenvalue weighted by Gasteiger charge is 2.36. The molecule has 1 aliphatic carbocycles. The van der Waals surface area contributed by atoms with Gasteiger partial charge >= 0.3 is 0 Å². The lowest BCUT2D eigenvalue weighted by atomic mass is 9.99. The van der Waals surface area contributed by atoms with E-state index in [2.05, 4.69) is 5.32 Å². The predicted molar refractivity (Wildman–Crippen MR) is 135 cm³/mol. The topological polar surface area (TPSA) is 65.8 Å². The van der Waals surface area contributed by atoms with Crippen LogP contribution >= 0.6 is 0 Å². The van der Waals surface area contributed by atoms with E-state index in [0.717, 1.165) is 48.1 Å². The zero-order chi connectivity index (χ0) is 24.2. The summed E-state index contributed by atoms with van der Waals surface area (Å²) in [5, 5.41) is 3.22. The van der Waals surface area contributed by atoms with E-state index in [1.54, 1.807) is 17.0 Å². The van der Waals surface area contributed by atoms with Gasteiger partial charge in [0.15, 0.2) is 5.76 Å². The average molecular weight is 460 g/mol. The van der Waals surface area contributed by atoms with Crippen molar-refractivity contribution in [1.29, 1.82) is 0 Å². The summed E-state index contributed by atoms with van der Waals surface area (Å²) in [6, 6.07) is 16.3. The molecule has 6 heteroatoms. The fraction of sp³-hybridized carbons (Fsp3) is 0.357. The zero-order valence-electron chi connectivity index (χ0n) is 20.4. The van der Waals surface area contributed by atoms with Gasteiger partial charge in [-0.05, 0) is 68.1 Å². The molecule has 1 atom stereocenters. The van der Waals surface area contributed by atoms with Gasteiger partial charge in [-0.1, -0.05) is 42.7 Å². The van der Waals surface area contributed by atoms with E-state index in [1.165, 1.54) is 6.26 Å². The van der Waals surface area contributed by atoms with Crippen molar-refractivity contribution in [3.05, 3.63) is 83.3 Å². The van der Waals surface area contributed by atoms with Crippen LogP contribution in [0.5, 0.6) is 0 Å². The van der Waals surface area contributed by atoms with Gasteiger partial charge in [-0.25, -0.2) is 0 Å². The predicted octanol–water partition coefficient (Wildman–Crippen LogP) is 5.41. The van der Waals surface area contributed by atoms with Gasteiger partial charge in [0.25, 0.3) is 5.91 Å². The molecule has 0 radical (unpaired) electrons. The lowest BCUT2D eigenvalue weighted by Gasteiger charge is -2.33. The first kappa shape index (κ1) is 23.6. The van der Waals surface area contributed by atoms with Crippen LogP contribution in [0.2, 0.25) is 0 Å². The Morgan fingerprint density at radius 1 is 1.00 bits per heavy atom. The van der Waals surface area contributed by atoms with Gasteiger partial charge in [0.05, 0.1) is 6.26 Å². The van der Waals surface area contributed by atoms with Crippen LogP contribution in [-0.4, -0.2) is 32.0 Å². The summed E-state index contributed by atoms with van der Waals surface area (Å²) in [6.07, 6.45) is 5.63. The smallest absolute Gasteiger partial charge is 0.294 e. The van der Waals surface area contributed by atoms with E-state index in [4.69, 9.17) is 4.42 Å². The van der Waals surface area contributed by atoms with E-state index in [0.29, 0.717) is 5.69 Å². The molecule has 0 bridgehead atoms. The molecule has 3 aromatic rings. The molecule has 2 amide bonds. The highest BCUT2D eigenvalue weighted by molar-refractivity contribution is 6.09. The summed E-state index contributed by atoms with van der Waals surface area (Å²) >= 11 is 0. The van der Waals surface area contributed by atoms with Crippen molar-refractivity contribution in [3.63, 3.8) is 0 Å². The van der Waals surface area contributed by atoms with E-state index >= 15 is 0 Å². The fourth-order valence-corrected chi connectivity index (χ4v) is 4.68. The quantitative estimate of drug-likeness (QED) is 0.513. The third-order valence-electron chi connectivity index (χ3n) is 6.50. The Labute approximate surface area is 201 Å². The standard InChI is InChI=1S/C28H33N3O3/c1-19-11-16-24(20(2)18-19)31(28(33)25-10-7-17-34-25)26(27(32)29-22-8-5-6-9-22)21-12-14-23(15-13-21)30(3)4/h7,10-18,22,26H,5-6,8-9H2,1-4H3,(H,29,32)/t26-/m1/s1. The second-order valence-electron chi connectivity index (χ2n) is 9.32. The minimum atomic E-state index is -0.837. The van der Waals surface area contributed by atoms with Gasteiger partial charge < -0.3 is 14.6 Å². The molecule has 0 spiro atoms. The lowest BCUT2D eigenvalue weighted by Crippen LogP contribution is -2.46. The number of furan rings is 1. The Balaban J connectivity index is 1.83. The fourth-order valence-electron chi connectivity index (χ4n) is 4.68. The Kier molecular flexibility index (Phi) is 7.06. The maximum atomic E-state index is 13.8. The Hall–Kier alpha value is -3.54. The molecule has 6 nitrogen and oxygen atoms in total. The van der Waals surface area contributed by atoms with Gasteiger partial charge in [0.2, 0.25) is 5.91 Å². The van der Waals surface area contributed by atoms with E-state index in [1.807, 2.05) is 75.3 Å². The number of carbonyl (C=O) groups excluding carboxylic acids is 2. The van der Waals surface area contributed by atoms with Crippen molar-refractivity contribution in [2.24, 2.45) is 0 Å². The van der Waals surface area contributed by atoms with Gasteiger partial charge in [0, 0.05) is 31.5 Å². The summed E-state index contributed by atoms with van der Waals surface area (Å²) in [6.45, 7) is 3.98. The van der Waals surface area contributed by atoms with Crippen molar-refractivity contribution in [3.8, 4) is 0 Å². The van der Waals surface area contributed by atoms with E-state index < -0.39 is 6.04 Å². The molecule has 2 aromatic carbocycles. The van der Waals surface area contributed by atoms with E-state index in [9.17, 15) is 9.59 Å². The molecule has 4 rings (SSSR count). The second-order valence-corrected chi connectivity index (χ2v) is 9.32. The minimum absolute atomic E-state index is 0.135. The first-order chi connectivity index (χ1) is 16.3. The van der Waals surface area contributed by atoms with Crippen molar-refractivity contribution in [1.82, 2.24) is 5.32 Å². The molecule has 1 heterocycles. The molecule has 178 valence electrons. The van der Waals surface area contributed by atoms with Crippen LogP contribution in [0.3, 0.4) is 0 Å². The molecule has 1 aliphatic rings. The SMILES string of the molecule is Cc1ccc(N(C(=O)c2ccco2)[C@@H](C(=O)NC2CCCC2)c2ccc(N(C)C)cc2)c(C)c1. The number of aryl methyl sites for hydroxylation is 2. The third kappa shape index (κ3) is 5.01. The number of benzene rings is 2. The van der Waals surface area contributed by atoms with Crippen LogP contribution in [0.4, 0.5) is 11.4 Å². The van der Waals surface area contributed by atoms with Crippen LogP contribution < -0.4 is 15.1 Å². The highest BCUT2D eigenvalue weighted by Crippen LogP contribution is 2.34. The normalized spacial score (nSPS) is 14.6. The summed E-state index contributed by atoms with van der Waals surface area (Å²) in [5.41, 5.74) is 4.47. The maximum Gasteiger partial charge on any atom is 0.294 e. The van der Waals surface area contributed by atoms with Crippen molar-refractivity contribution >= 4 is 23.2 Å². The zero-order valence-corrected chi connectivity index (χ0v) is 20.4. The lowest BCUT2D eigenvalue weighted by molar-refractivity contribution is -0.123. The minimum Gasteiger partial charge on any atom is -0.459 e. The van der Waals surface area contributed by atoms with Crippen molar-refractivity contribution in [2.45, 2.75) is 51.6 Å². The first-order valence-electron chi connectivity index (χ1n) is 11.9. The molecule has 0 unspecified atom stereocenters. The van der Waals surface area contributed by atoms with Gasteiger partial charge in [-0.2, -0.15) is 0 Å². The Morgan fingerprint density at radius 3 is 2.29 bits per heavy atom. The second kappa shape index (κ2) is 10.2. The van der Waals surface area contributed by atoms with Crippen LogP contribution in [-0.2, 0) is 4.79 Å². The van der Waals surface area contributed by atoms with Crippen molar-refractivity contribution in [2.75, 3.05) is 23.9 Å². The summed E-state index contributed by atoms with van der Waals surface area (Å²) < 4.78 is 5.48. The van der Waals surface area contributed by atoms with Crippen LogP contribution in [0, 0.1) is 13.8 Å². The largest absolute Gasteiger partial charge is 0.459 e. The molecule has 1 saturated carbocycles. The molecular formula is C28H33N3O3. The number of hydrogen-bond acceptors (Lipinski definition) is 4. The Morgan fingerprint density at radius 2 is 1.71 bits per heavy atom. The number of nitrogens with zero attached hydrogens (tertiary/aromatic N) is 2. The summed E-state index contributed by atoms with van der Waals surface area (Å²) in [4.78, 5) is 31.3. The number of anilines is 2. The first-order valence-corrected chi connectivity index (χ1v) is 11.9. The molecule has 1 N–H and O–H groups in total. The third-order valence-corrected chi connectivity index (χ3v) is 6.50. The van der Waals surface area contributed by atoms with Crippen molar-refractivity contribution < 1.29 is 14.0 Å². The average Bonchev–Trinajstić information content (AvgIpc) is 3.52. The number of rotatable bonds is 7. The molecule has 1 fully saturated rings. The number of amides is 2. The summed E-state index contributed by atoms with van der Waals surface area (Å²) in [7, 11) is 3.95. The molecule has 0 saturated heterocycles. The van der Waals surface area contributed by atoms with Gasteiger partial charge in [0.1, 0.15) is 6.04 Å². The number of nitrogens with one attached hydrogen (secondary N) is 1. The van der Waals surface area contributed by atoms with E-state index in [-0.39, 0.29) is 23.6 Å². The molecular weight excluding hydrogens is 426 g/mol.